The van der Waals surface area contributed by atoms with Gasteiger partial charge in [0, 0.05) is 11.8 Å². The van der Waals surface area contributed by atoms with Crippen LogP contribution in [0.15, 0.2) is 82.6 Å². The molecule has 0 spiro atoms. The summed E-state index contributed by atoms with van der Waals surface area (Å²) in [5.74, 6) is -0.614. The summed E-state index contributed by atoms with van der Waals surface area (Å²) >= 11 is 1.24. The first-order valence-electron chi connectivity index (χ1n) is 10.7. The fourth-order valence-corrected chi connectivity index (χ4v) is 5.07. The highest BCUT2D eigenvalue weighted by molar-refractivity contribution is 7.17. The van der Waals surface area contributed by atoms with E-state index in [2.05, 4.69) is 9.97 Å². The number of benzene rings is 1. The Kier molecular flexibility index (Phi) is 5.59. The topological polar surface area (TPSA) is 96.5 Å². The first kappa shape index (κ1) is 21.8. The molecule has 5 rings (SSSR count). The van der Waals surface area contributed by atoms with Gasteiger partial charge in [-0.2, -0.15) is 0 Å². The van der Waals surface area contributed by atoms with E-state index in [1.54, 1.807) is 44.3 Å². The summed E-state index contributed by atoms with van der Waals surface area (Å²) in [6.07, 6.45) is 1.63. The molecule has 170 valence electrons. The van der Waals surface area contributed by atoms with E-state index < -0.39 is 23.5 Å². The number of aliphatic hydroxyl groups is 1. The van der Waals surface area contributed by atoms with Gasteiger partial charge in [0.25, 0.3) is 5.91 Å². The van der Waals surface area contributed by atoms with Crippen LogP contribution in [-0.2, 0) is 11.3 Å². The SMILES string of the molecule is Cc1ccc(C2C(C(=O)c3sc(-c4ccccc4)nc3C)=C(O)C(=O)N2Cc2ccccn2)o1. The first-order chi connectivity index (χ1) is 16.4. The normalized spacial score (nSPS) is 15.9. The molecule has 1 N–H and O–H groups in total. The molecule has 1 amide bonds. The third-order valence-electron chi connectivity index (χ3n) is 5.66. The predicted octanol–water partition coefficient (Wildman–Crippen LogP) is 5.19. The Morgan fingerprint density at radius 2 is 1.85 bits per heavy atom. The van der Waals surface area contributed by atoms with Crippen LogP contribution in [-0.4, -0.2) is 31.7 Å². The lowest BCUT2D eigenvalue weighted by molar-refractivity contribution is -0.130. The molecule has 4 aromatic rings. The van der Waals surface area contributed by atoms with E-state index in [9.17, 15) is 14.7 Å². The van der Waals surface area contributed by atoms with Crippen molar-refractivity contribution in [2.24, 2.45) is 0 Å². The second-order valence-corrected chi connectivity index (χ2v) is 9.00. The molecular formula is C26H21N3O4S. The van der Waals surface area contributed by atoms with Crippen LogP contribution in [0.25, 0.3) is 10.6 Å². The summed E-state index contributed by atoms with van der Waals surface area (Å²) in [4.78, 5) is 37.6. The van der Waals surface area contributed by atoms with Crippen molar-refractivity contribution in [3.05, 3.63) is 106 Å². The Labute approximate surface area is 200 Å². The average Bonchev–Trinajstić information content (AvgIpc) is 3.52. The molecule has 0 radical (unpaired) electrons. The predicted molar refractivity (Wildman–Crippen MR) is 127 cm³/mol. The van der Waals surface area contributed by atoms with Gasteiger partial charge in [0.05, 0.1) is 28.4 Å². The van der Waals surface area contributed by atoms with E-state index in [4.69, 9.17) is 4.42 Å². The van der Waals surface area contributed by atoms with Crippen LogP contribution in [0.2, 0.25) is 0 Å². The Morgan fingerprint density at radius 3 is 2.53 bits per heavy atom. The zero-order valence-electron chi connectivity index (χ0n) is 18.6. The molecule has 7 nitrogen and oxygen atoms in total. The van der Waals surface area contributed by atoms with Crippen molar-refractivity contribution in [2.45, 2.75) is 26.4 Å². The van der Waals surface area contributed by atoms with Gasteiger partial charge in [-0.25, -0.2) is 4.98 Å². The lowest BCUT2D eigenvalue weighted by Crippen LogP contribution is -2.30. The molecule has 34 heavy (non-hydrogen) atoms. The molecule has 0 bridgehead atoms. The number of carbonyl (C=O) groups excluding carboxylic acids is 2. The van der Waals surface area contributed by atoms with Gasteiger partial charge in [-0.05, 0) is 38.1 Å². The maximum absolute atomic E-state index is 13.8. The minimum Gasteiger partial charge on any atom is -0.503 e. The number of aliphatic hydroxyl groups excluding tert-OH is 1. The highest BCUT2D eigenvalue weighted by Gasteiger charge is 2.46. The third kappa shape index (κ3) is 3.82. The van der Waals surface area contributed by atoms with Gasteiger partial charge in [-0.15, -0.1) is 11.3 Å². The number of rotatable bonds is 6. The minimum atomic E-state index is -0.877. The lowest BCUT2D eigenvalue weighted by Gasteiger charge is -2.24. The Balaban J connectivity index is 1.57. The Hall–Kier alpha value is -4.04. The molecule has 4 heterocycles. The van der Waals surface area contributed by atoms with Crippen molar-refractivity contribution in [1.82, 2.24) is 14.9 Å². The summed E-state index contributed by atoms with van der Waals surface area (Å²) in [7, 11) is 0. The van der Waals surface area contributed by atoms with Gasteiger partial charge in [0.1, 0.15) is 22.6 Å². The summed E-state index contributed by atoms with van der Waals surface area (Å²) in [5.41, 5.74) is 2.05. The van der Waals surface area contributed by atoms with Crippen LogP contribution >= 0.6 is 11.3 Å². The summed E-state index contributed by atoms with van der Waals surface area (Å²) in [6, 6.07) is 17.6. The molecule has 0 aliphatic carbocycles. The van der Waals surface area contributed by atoms with Crippen molar-refractivity contribution in [3.8, 4) is 10.6 Å². The van der Waals surface area contributed by atoms with Crippen LogP contribution in [0, 0.1) is 13.8 Å². The number of Topliss-reactive ketones (excluding diaryl/α,β-unsaturated/α-hetero) is 1. The number of aromatic nitrogens is 2. The van der Waals surface area contributed by atoms with Crippen molar-refractivity contribution in [1.29, 1.82) is 0 Å². The van der Waals surface area contributed by atoms with Crippen LogP contribution in [0.3, 0.4) is 0 Å². The number of nitrogens with zero attached hydrogens (tertiary/aromatic N) is 3. The number of hydrogen-bond acceptors (Lipinski definition) is 7. The quantitative estimate of drug-likeness (QED) is 0.389. The standard InChI is InChI=1S/C26H21N3O4S/c1-15-11-12-19(33-15)21-20(23(31)26(32)29(21)14-18-10-6-7-13-27-18)22(30)24-16(2)28-25(34-24)17-8-4-3-5-9-17/h3-13,21,31H,14H2,1-2H3. The number of ketones is 1. The molecular weight excluding hydrogens is 450 g/mol. The summed E-state index contributed by atoms with van der Waals surface area (Å²) in [6.45, 7) is 3.65. The smallest absolute Gasteiger partial charge is 0.290 e. The molecule has 1 unspecified atom stereocenters. The number of amides is 1. The molecule has 1 atom stereocenters. The fraction of sp³-hybridized carbons (Fsp3) is 0.154. The van der Waals surface area contributed by atoms with E-state index in [-0.39, 0.29) is 12.1 Å². The monoisotopic (exact) mass is 471 g/mol. The lowest BCUT2D eigenvalue weighted by atomic mass is 9.99. The zero-order chi connectivity index (χ0) is 23.8. The number of aryl methyl sites for hydroxylation is 2. The minimum absolute atomic E-state index is 0.0124. The van der Waals surface area contributed by atoms with Gasteiger partial charge >= 0.3 is 0 Å². The molecule has 1 aliphatic heterocycles. The maximum atomic E-state index is 13.8. The third-order valence-corrected chi connectivity index (χ3v) is 6.87. The number of carbonyl (C=O) groups is 2. The molecule has 0 saturated heterocycles. The zero-order valence-corrected chi connectivity index (χ0v) is 19.4. The van der Waals surface area contributed by atoms with Crippen molar-refractivity contribution >= 4 is 23.0 Å². The Morgan fingerprint density at radius 1 is 1.09 bits per heavy atom. The van der Waals surface area contributed by atoms with Crippen LogP contribution in [0.4, 0.5) is 0 Å². The summed E-state index contributed by atoms with van der Waals surface area (Å²) < 4.78 is 5.83. The van der Waals surface area contributed by atoms with Crippen molar-refractivity contribution in [2.75, 3.05) is 0 Å². The van der Waals surface area contributed by atoms with E-state index in [0.29, 0.717) is 32.8 Å². The number of thiazole rings is 1. The highest BCUT2D eigenvalue weighted by Crippen LogP contribution is 2.42. The van der Waals surface area contributed by atoms with E-state index in [0.717, 1.165) is 5.56 Å². The van der Waals surface area contributed by atoms with Gasteiger partial charge in [-0.3, -0.25) is 14.6 Å². The number of furan rings is 1. The van der Waals surface area contributed by atoms with Gasteiger partial charge < -0.3 is 14.4 Å². The van der Waals surface area contributed by atoms with Crippen molar-refractivity contribution in [3.63, 3.8) is 0 Å². The second kappa shape index (κ2) is 8.72. The first-order valence-corrected chi connectivity index (χ1v) is 11.5. The van der Waals surface area contributed by atoms with Crippen LogP contribution < -0.4 is 0 Å². The molecule has 0 fully saturated rings. The Bertz CT molecular complexity index is 1410. The summed E-state index contributed by atoms with van der Waals surface area (Å²) in [5, 5.41) is 11.6. The molecule has 3 aromatic heterocycles. The molecule has 1 aliphatic rings. The van der Waals surface area contributed by atoms with Crippen LogP contribution in [0.1, 0.15) is 38.6 Å². The van der Waals surface area contributed by atoms with E-state index in [1.807, 2.05) is 36.4 Å². The highest BCUT2D eigenvalue weighted by atomic mass is 32.1. The van der Waals surface area contributed by atoms with E-state index >= 15 is 0 Å². The fourth-order valence-electron chi connectivity index (χ4n) is 4.04. The average molecular weight is 472 g/mol. The molecule has 8 heteroatoms. The second-order valence-electron chi connectivity index (χ2n) is 8.00. The largest absolute Gasteiger partial charge is 0.503 e. The molecule has 0 saturated carbocycles. The molecule has 1 aromatic carbocycles. The van der Waals surface area contributed by atoms with Crippen LogP contribution in [0.5, 0.6) is 0 Å². The van der Waals surface area contributed by atoms with Gasteiger partial charge in [0.15, 0.2) is 5.76 Å². The maximum Gasteiger partial charge on any atom is 0.290 e. The number of pyridine rings is 1. The van der Waals surface area contributed by atoms with Gasteiger partial charge in [-0.1, -0.05) is 36.4 Å². The number of hydrogen-bond donors (Lipinski definition) is 1. The van der Waals surface area contributed by atoms with E-state index in [1.165, 1.54) is 16.2 Å². The van der Waals surface area contributed by atoms with Crippen molar-refractivity contribution < 1.29 is 19.1 Å². The van der Waals surface area contributed by atoms with Gasteiger partial charge in [0.2, 0.25) is 5.78 Å².